The first-order chi connectivity index (χ1) is 12.7. The third-order valence-electron chi connectivity index (χ3n) is 4.73. The second-order valence-corrected chi connectivity index (χ2v) is 6.99. The van der Waals surface area contributed by atoms with Crippen molar-refractivity contribution in [3.05, 3.63) is 108 Å². The van der Waals surface area contributed by atoms with E-state index >= 15 is 0 Å². The highest BCUT2D eigenvalue weighted by Crippen LogP contribution is 2.46. The number of thioether (sulfide) groups is 1. The molecule has 26 heavy (non-hydrogen) atoms. The minimum atomic E-state index is -0.643. The van der Waals surface area contributed by atoms with Crippen LogP contribution in [0, 0.1) is 0 Å². The molecular weight excluding hydrogens is 340 g/mol. The molecule has 0 saturated heterocycles. The zero-order valence-electron chi connectivity index (χ0n) is 15.0. The molecule has 0 aliphatic rings. The fourth-order valence-electron chi connectivity index (χ4n) is 3.61. The predicted octanol–water partition coefficient (Wildman–Crippen LogP) is 4.93. The van der Waals surface area contributed by atoms with E-state index in [9.17, 15) is 4.79 Å². The highest BCUT2D eigenvalue weighted by Gasteiger charge is 2.47. The van der Waals surface area contributed by atoms with Crippen molar-refractivity contribution in [2.75, 3.05) is 13.4 Å². The smallest absolute Gasteiger partial charge is 0.320 e. The largest absolute Gasteiger partial charge is 0.468 e. The van der Waals surface area contributed by atoms with Gasteiger partial charge < -0.3 is 4.74 Å². The topological polar surface area (TPSA) is 26.3 Å². The number of esters is 1. The first-order valence-electron chi connectivity index (χ1n) is 8.52. The van der Waals surface area contributed by atoms with Crippen LogP contribution in [0.15, 0.2) is 91.0 Å². The molecule has 2 nitrogen and oxygen atoms in total. The van der Waals surface area contributed by atoms with Crippen molar-refractivity contribution in [3.8, 4) is 0 Å². The molecule has 0 amide bonds. The summed E-state index contributed by atoms with van der Waals surface area (Å²) in [5, 5.41) is -0.417. The van der Waals surface area contributed by atoms with Crippen LogP contribution in [0.2, 0.25) is 0 Å². The molecule has 0 spiro atoms. The summed E-state index contributed by atoms with van der Waals surface area (Å²) in [6.45, 7) is 0. The summed E-state index contributed by atoms with van der Waals surface area (Å²) in [6, 6.07) is 30.6. The molecule has 1 unspecified atom stereocenters. The minimum Gasteiger partial charge on any atom is -0.468 e. The highest BCUT2D eigenvalue weighted by molar-refractivity contribution is 8.00. The van der Waals surface area contributed by atoms with E-state index in [2.05, 4.69) is 36.4 Å². The molecule has 0 radical (unpaired) electrons. The molecule has 0 fully saturated rings. The lowest BCUT2D eigenvalue weighted by Crippen LogP contribution is -2.45. The van der Waals surface area contributed by atoms with Crippen LogP contribution in [-0.2, 0) is 14.9 Å². The standard InChI is InChI=1S/C23H22O2S/c1-25-22(24)21(26-2)23(18-12-6-3-7-13-18,19-14-8-4-9-15-19)20-16-10-5-11-17-20/h3-17,21H,1-2H3. The summed E-state index contributed by atoms with van der Waals surface area (Å²) < 4.78 is 5.21. The third kappa shape index (κ3) is 3.15. The van der Waals surface area contributed by atoms with Gasteiger partial charge >= 0.3 is 5.97 Å². The summed E-state index contributed by atoms with van der Waals surface area (Å²) in [4.78, 5) is 12.9. The van der Waals surface area contributed by atoms with Crippen LogP contribution in [0.1, 0.15) is 16.7 Å². The lowest BCUT2D eigenvalue weighted by atomic mass is 9.67. The van der Waals surface area contributed by atoms with Gasteiger partial charge in [0.05, 0.1) is 12.5 Å². The summed E-state index contributed by atoms with van der Waals surface area (Å²) in [5.41, 5.74) is 2.57. The quantitative estimate of drug-likeness (QED) is 0.460. The number of hydrogen-bond acceptors (Lipinski definition) is 3. The Morgan fingerprint density at radius 1 is 0.769 bits per heavy atom. The van der Waals surface area contributed by atoms with Crippen molar-refractivity contribution in [2.24, 2.45) is 0 Å². The van der Waals surface area contributed by atoms with Gasteiger partial charge in [0.2, 0.25) is 0 Å². The van der Waals surface area contributed by atoms with Gasteiger partial charge in [0.1, 0.15) is 5.25 Å². The van der Waals surface area contributed by atoms with E-state index in [1.165, 1.54) is 18.9 Å². The van der Waals surface area contributed by atoms with Gasteiger partial charge in [-0.25, -0.2) is 0 Å². The molecule has 0 aromatic heterocycles. The summed E-state index contributed by atoms with van der Waals surface area (Å²) >= 11 is 1.52. The van der Waals surface area contributed by atoms with E-state index in [1.54, 1.807) is 0 Å². The molecule has 0 aliphatic carbocycles. The van der Waals surface area contributed by atoms with Gasteiger partial charge in [-0.1, -0.05) is 91.0 Å². The monoisotopic (exact) mass is 362 g/mol. The Kier molecular flexibility index (Phi) is 5.79. The van der Waals surface area contributed by atoms with Crippen molar-refractivity contribution in [1.82, 2.24) is 0 Å². The van der Waals surface area contributed by atoms with E-state index in [0.29, 0.717) is 0 Å². The number of ether oxygens (including phenoxy) is 1. The Morgan fingerprint density at radius 2 is 1.12 bits per heavy atom. The normalized spacial score (nSPS) is 12.4. The van der Waals surface area contributed by atoms with E-state index in [4.69, 9.17) is 4.74 Å². The van der Waals surface area contributed by atoms with Gasteiger partial charge in [0.25, 0.3) is 0 Å². The van der Waals surface area contributed by atoms with Gasteiger partial charge in [-0.15, -0.1) is 11.8 Å². The molecular formula is C23H22O2S. The number of hydrogen-bond donors (Lipinski definition) is 0. The molecule has 3 aromatic carbocycles. The molecule has 3 aromatic rings. The van der Waals surface area contributed by atoms with Crippen molar-refractivity contribution >= 4 is 17.7 Å². The summed E-state index contributed by atoms with van der Waals surface area (Å²) in [5.74, 6) is -0.228. The predicted molar refractivity (Wildman–Crippen MR) is 109 cm³/mol. The molecule has 0 N–H and O–H groups in total. The second kappa shape index (κ2) is 8.24. The molecule has 0 bridgehead atoms. The van der Waals surface area contributed by atoms with Crippen LogP contribution in [0.4, 0.5) is 0 Å². The molecule has 0 aliphatic heterocycles. The summed E-state index contributed by atoms with van der Waals surface area (Å²) in [6.07, 6.45) is 1.96. The Hall–Kier alpha value is -2.52. The highest BCUT2D eigenvalue weighted by atomic mass is 32.2. The van der Waals surface area contributed by atoms with Crippen LogP contribution in [0.3, 0.4) is 0 Å². The lowest BCUT2D eigenvalue weighted by Gasteiger charge is -2.40. The Labute approximate surface area is 159 Å². The third-order valence-corrected chi connectivity index (χ3v) is 5.75. The van der Waals surface area contributed by atoms with E-state index in [0.717, 1.165) is 16.7 Å². The number of methoxy groups -OCH3 is 1. The molecule has 1 atom stereocenters. The Morgan fingerprint density at radius 3 is 1.38 bits per heavy atom. The maximum atomic E-state index is 12.9. The molecule has 3 rings (SSSR count). The van der Waals surface area contributed by atoms with Crippen LogP contribution in [-0.4, -0.2) is 24.6 Å². The molecule has 0 heterocycles. The van der Waals surface area contributed by atoms with Crippen LogP contribution < -0.4 is 0 Å². The molecule has 132 valence electrons. The van der Waals surface area contributed by atoms with Gasteiger partial charge in [0, 0.05) is 0 Å². The summed E-state index contributed by atoms with van der Waals surface area (Å²) in [7, 11) is 1.46. The van der Waals surface area contributed by atoms with Gasteiger partial charge in [-0.3, -0.25) is 4.79 Å². The van der Waals surface area contributed by atoms with Crippen molar-refractivity contribution in [3.63, 3.8) is 0 Å². The first kappa shape index (κ1) is 18.3. The number of carbonyl (C=O) groups is 1. The number of carbonyl (C=O) groups excluding carboxylic acids is 1. The van der Waals surface area contributed by atoms with Crippen molar-refractivity contribution in [2.45, 2.75) is 10.7 Å². The molecule has 0 saturated carbocycles. The van der Waals surface area contributed by atoms with E-state index in [1.807, 2.05) is 60.9 Å². The van der Waals surface area contributed by atoms with E-state index in [-0.39, 0.29) is 5.97 Å². The fourth-order valence-corrected chi connectivity index (χ4v) is 4.66. The van der Waals surface area contributed by atoms with Crippen molar-refractivity contribution < 1.29 is 9.53 Å². The number of rotatable bonds is 6. The Balaban J connectivity index is 2.41. The zero-order chi connectivity index (χ0) is 18.4. The lowest BCUT2D eigenvalue weighted by molar-refractivity contribution is -0.140. The average molecular weight is 362 g/mol. The second-order valence-electron chi connectivity index (χ2n) is 6.04. The van der Waals surface area contributed by atoms with Crippen LogP contribution >= 0.6 is 11.8 Å². The molecule has 3 heteroatoms. The maximum absolute atomic E-state index is 12.9. The van der Waals surface area contributed by atoms with Crippen LogP contribution in [0.25, 0.3) is 0 Å². The SMILES string of the molecule is COC(=O)C(SC)C(c1ccccc1)(c1ccccc1)c1ccccc1. The maximum Gasteiger partial charge on any atom is 0.320 e. The van der Waals surface area contributed by atoms with Crippen molar-refractivity contribution in [1.29, 1.82) is 0 Å². The average Bonchev–Trinajstić information content (AvgIpc) is 2.73. The fraction of sp³-hybridized carbons (Fsp3) is 0.174. The van der Waals surface area contributed by atoms with Gasteiger partial charge in [-0.2, -0.15) is 0 Å². The Bertz CT molecular complexity index is 735. The number of benzene rings is 3. The van der Waals surface area contributed by atoms with Gasteiger partial charge in [-0.05, 0) is 22.9 Å². The van der Waals surface area contributed by atoms with Crippen LogP contribution in [0.5, 0.6) is 0 Å². The van der Waals surface area contributed by atoms with E-state index < -0.39 is 10.7 Å². The first-order valence-corrected chi connectivity index (χ1v) is 9.81. The minimum absolute atomic E-state index is 0.228. The zero-order valence-corrected chi connectivity index (χ0v) is 15.8. The van der Waals surface area contributed by atoms with Gasteiger partial charge in [0.15, 0.2) is 0 Å².